The number of hydrogen-bond donors (Lipinski definition) is 1. The maximum atomic E-state index is 12.2. The van der Waals surface area contributed by atoms with Gasteiger partial charge in [0.2, 0.25) is 0 Å². The summed E-state index contributed by atoms with van der Waals surface area (Å²) >= 11 is 0. The Hall–Kier alpha value is -2.09. The van der Waals surface area contributed by atoms with Crippen LogP contribution in [0.4, 0.5) is 0 Å². The predicted molar refractivity (Wildman–Crippen MR) is 68.9 cm³/mol. The fourth-order valence-electron chi connectivity index (χ4n) is 2.45. The van der Waals surface area contributed by atoms with E-state index in [-0.39, 0.29) is 5.78 Å². The second-order valence-corrected chi connectivity index (χ2v) is 4.51. The minimum atomic E-state index is 0.0999. The van der Waals surface area contributed by atoms with Crippen LogP contribution in [0.25, 0.3) is 11.6 Å². The number of rotatable bonds is 0. The number of Topliss-reactive ketones (excluding diaryl/α,β-unsaturated/α-hetero) is 1. The lowest BCUT2D eigenvalue weighted by molar-refractivity contribution is -0.111. The maximum Gasteiger partial charge on any atom is 0.189 e. The third kappa shape index (κ3) is 1.18. The minimum absolute atomic E-state index is 0.0999. The average molecular weight is 223 g/mol. The van der Waals surface area contributed by atoms with Crippen LogP contribution < -0.4 is 5.73 Å². The van der Waals surface area contributed by atoms with Gasteiger partial charge < -0.3 is 5.73 Å². The molecule has 0 atom stereocenters. The molecule has 0 heterocycles. The molecule has 84 valence electrons. The van der Waals surface area contributed by atoms with Crippen LogP contribution in [-0.4, -0.2) is 5.78 Å². The summed E-state index contributed by atoms with van der Waals surface area (Å²) in [4.78, 5) is 12.2. The van der Waals surface area contributed by atoms with E-state index in [1.807, 2.05) is 44.2 Å². The Balaban J connectivity index is 2.36. The van der Waals surface area contributed by atoms with Crippen molar-refractivity contribution in [1.29, 1.82) is 0 Å². The molecule has 0 unspecified atom stereocenters. The number of ketones is 1. The first kappa shape index (κ1) is 10.1. The van der Waals surface area contributed by atoms with E-state index in [1.165, 1.54) is 0 Å². The fraction of sp³-hybridized carbons (Fsp3) is 0.133. The number of allylic oxidation sites excluding steroid dienone is 4. The zero-order valence-corrected chi connectivity index (χ0v) is 9.87. The first-order valence-corrected chi connectivity index (χ1v) is 5.65. The van der Waals surface area contributed by atoms with Crippen LogP contribution in [0.3, 0.4) is 0 Å². The highest BCUT2D eigenvalue weighted by atomic mass is 16.1. The monoisotopic (exact) mass is 223 g/mol. The van der Waals surface area contributed by atoms with Gasteiger partial charge in [0.1, 0.15) is 0 Å². The summed E-state index contributed by atoms with van der Waals surface area (Å²) in [5, 5.41) is 0. The van der Waals surface area contributed by atoms with E-state index >= 15 is 0 Å². The number of carbonyl (C=O) groups is 1. The Morgan fingerprint density at radius 1 is 1.06 bits per heavy atom. The SMILES string of the molecule is CC1=C(C)C(N)=C2C(=Cc3ccccc32)C1=O. The molecule has 0 aliphatic heterocycles. The molecule has 0 fully saturated rings. The van der Waals surface area contributed by atoms with Gasteiger partial charge in [0.05, 0.1) is 0 Å². The summed E-state index contributed by atoms with van der Waals surface area (Å²) in [7, 11) is 0. The maximum absolute atomic E-state index is 12.2. The van der Waals surface area contributed by atoms with Crippen molar-refractivity contribution in [3.63, 3.8) is 0 Å². The molecule has 2 aliphatic carbocycles. The van der Waals surface area contributed by atoms with Gasteiger partial charge in [0, 0.05) is 22.4 Å². The van der Waals surface area contributed by atoms with Crippen molar-refractivity contribution >= 4 is 17.4 Å². The summed E-state index contributed by atoms with van der Waals surface area (Å²) in [5.74, 6) is 0.0999. The van der Waals surface area contributed by atoms with E-state index in [0.717, 1.165) is 39.1 Å². The van der Waals surface area contributed by atoms with E-state index in [1.54, 1.807) is 0 Å². The Morgan fingerprint density at radius 3 is 2.53 bits per heavy atom. The largest absolute Gasteiger partial charge is 0.398 e. The molecule has 2 nitrogen and oxygen atoms in total. The zero-order valence-electron chi connectivity index (χ0n) is 9.87. The summed E-state index contributed by atoms with van der Waals surface area (Å²) in [6, 6.07) is 7.98. The van der Waals surface area contributed by atoms with Crippen molar-refractivity contribution in [3.05, 3.63) is 57.8 Å². The Bertz CT molecular complexity index is 645. The average Bonchev–Trinajstić information content (AvgIpc) is 2.73. The first-order valence-electron chi connectivity index (χ1n) is 5.65. The lowest BCUT2D eigenvalue weighted by atomic mass is 9.86. The fourth-order valence-corrected chi connectivity index (χ4v) is 2.45. The molecule has 0 spiro atoms. The Labute approximate surface area is 100 Å². The third-order valence-corrected chi connectivity index (χ3v) is 3.62. The highest BCUT2D eigenvalue weighted by Crippen LogP contribution is 2.42. The molecule has 0 aromatic heterocycles. The number of fused-ring (bicyclic) bond motifs is 3. The van der Waals surface area contributed by atoms with Gasteiger partial charge in [-0.05, 0) is 36.6 Å². The Kier molecular flexibility index (Phi) is 1.90. The van der Waals surface area contributed by atoms with Crippen molar-refractivity contribution in [3.8, 4) is 0 Å². The normalized spacial score (nSPS) is 18.2. The third-order valence-electron chi connectivity index (χ3n) is 3.62. The highest BCUT2D eigenvalue weighted by molar-refractivity contribution is 6.26. The summed E-state index contributed by atoms with van der Waals surface area (Å²) in [6.07, 6.45) is 1.94. The van der Waals surface area contributed by atoms with Crippen LogP contribution in [0.2, 0.25) is 0 Å². The molecular weight excluding hydrogens is 210 g/mol. The van der Waals surface area contributed by atoms with Crippen LogP contribution in [-0.2, 0) is 4.79 Å². The van der Waals surface area contributed by atoms with Gasteiger partial charge in [-0.3, -0.25) is 4.79 Å². The standard InChI is InChI=1S/C15H13NO/c1-8-9(2)15(17)12-7-10-5-3-4-6-11(10)13(12)14(8)16/h3-7H,16H2,1-2H3. The van der Waals surface area contributed by atoms with E-state index in [4.69, 9.17) is 5.73 Å². The van der Waals surface area contributed by atoms with Crippen molar-refractivity contribution < 1.29 is 4.79 Å². The summed E-state index contributed by atoms with van der Waals surface area (Å²) in [6.45, 7) is 3.75. The van der Waals surface area contributed by atoms with E-state index < -0.39 is 0 Å². The predicted octanol–water partition coefficient (Wildman–Crippen LogP) is 2.67. The van der Waals surface area contributed by atoms with E-state index in [2.05, 4.69) is 0 Å². The molecule has 3 rings (SSSR count). The van der Waals surface area contributed by atoms with Gasteiger partial charge >= 0.3 is 0 Å². The van der Waals surface area contributed by atoms with Crippen LogP contribution >= 0.6 is 0 Å². The molecule has 0 radical (unpaired) electrons. The molecule has 0 saturated heterocycles. The second-order valence-electron chi connectivity index (χ2n) is 4.51. The van der Waals surface area contributed by atoms with Gasteiger partial charge in [-0.2, -0.15) is 0 Å². The van der Waals surface area contributed by atoms with Crippen LogP contribution in [0.1, 0.15) is 25.0 Å². The lowest BCUT2D eigenvalue weighted by Gasteiger charge is -2.19. The molecule has 0 amide bonds. The van der Waals surface area contributed by atoms with Gasteiger partial charge in [-0.25, -0.2) is 0 Å². The van der Waals surface area contributed by atoms with Crippen LogP contribution in [0.15, 0.2) is 46.7 Å². The number of nitrogens with two attached hydrogens (primary N) is 1. The van der Waals surface area contributed by atoms with Crippen LogP contribution in [0, 0.1) is 0 Å². The van der Waals surface area contributed by atoms with Crippen molar-refractivity contribution in [1.82, 2.24) is 0 Å². The highest BCUT2D eigenvalue weighted by Gasteiger charge is 2.31. The van der Waals surface area contributed by atoms with E-state index in [0.29, 0.717) is 0 Å². The van der Waals surface area contributed by atoms with Gasteiger partial charge in [0.15, 0.2) is 5.78 Å². The van der Waals surface area contributed by atoms with E-state index in [9.17, 15) is 4.79 Å². The van der Waals surface area contributed by atoms with Gasteiger partial charge in [-0.15, -0.1) is 0 Å². The molecule has 2 N–H and O–H groups in total. The molecular formula is C15H13NO. The number of carbonyl (C=O) groups excluding carboxylic acids is 1. The molecule has 2 aliphatic rings. The van der Waals surface area contributed by atoms with Gasteiger partial charge in [0.25, 0.3) is 0 Å². The minimum Gasteiger partial charge on any atom is -0.398 e. The van der Waals surface area contributed by atoms with Crippen molar-refractivity contribution in [2.24, 2.45) is 5.73 Å². The lowest BCUT2D eigenvalue weighted by Crippen LogP contribution is -2.17. The molecule has 17 heavy (non-hydrogen) atoms. The summed E-state index contributed by atoms with van der Waals surface area (Å²) < 4.78 is 0. The first-order chi connectivity index (χ1) is 8.11. The van der Waals surface area contributed by atoms with Crippen molar-refractivity contribution in [2.75, 3.05) is 0 Å². The molecule has 0 saturated carbocycles. The number of benzene rings is 1. The molecule has 1 aromatic carbocycles. The second kappa shape index (κ2) is 3.20. The van der Waals surface area contributed by atoms with Crippen molar-refractivity contribution in [2.45, 2.75) is 13.8 Å². The summed E-state index contributed by atoms with van der Waals surface area (Å²) in [5.41, 5.74) is 12.4. The molecule has 2 heteroatoms. The number of hydrogen-bond acceptors (Lipinski definition) is 2. The zero-order chi connectivity index (χ0) is 12.2. The van der Waals surface area contributed by atoms with Gasteiger partial charge in [-0.1, -0.05) is 24.3 Å². The van der Waals surface area contributed by atoms with Crippen LogP contribution in [0.5, 0.6) is 0 Å². The quantitative estimate of drug-likeness (QED) is 0.734. The Morgan fingerprint density at radius 2 is 1.76 bits per heavy atom. The topological polar surface area (TPSA) is 43.1 Å². The smallest absolute Gasteiger partial charge is 0.189 e. The molecule has 0 bridgehead atoms. The molecule has 1 aromatic rings.